The van der Waals surface area contributed by atoms with Crippen LogP contribution in [0.25, 0.3) is 0 Å². The summed E-state index contributed by atoms with van der Waals surface area (Å²) in [6, 6.07) is 0.260. The molecule has 2 aliphatic rings. The van der Waals surface area contributed by atoms with Gasteiger partial charge < -0.3 is 15.5 Å². The minimum Gasteiger partial charge on any atom is -0.374 e. The summed E-state index contributed by atoms with van der Waals surface area (Å²) in [6.45, 7) is 3.53. The molecule has 0 aromatic carbocycles. The van der Waals surface area contributed by atoms with Gasteiger partial charge in [0, 0.05) is 44.1 Å². The molecule has 0 radical (unpaired) electrons. The predicted octanol–water partition coefficient (Wildman–Crippen LogP) is 1.99. The molecule has 1 aromatic heterocycles. The molecule has 2 atom stereocenters. The van der Waals surface area contributed by atoms with Crippen molar-refractivity contribution in [3.8, 4) is 0 Å². The Morgan fingerprint density at radius 1 is 1.32 bits per heavy atom. The van der Waals surface area contributed by atoms with Gasteiger partial charge in [0.15, 0.2) is 5.78 Å². The summed E-state index contributed by atoms with van der Waals surface area (Å²) < 4.78 is 26.1. The Hall–Kier alpha value is -2.91. The van der Waals surface area contributed by atoms with E-state index in [1.807, 2.05) is 6.92 Å². The van der Waals surface area contributed by atoms with Crippen LogP contribution in [-0.2, 0) is 14.4 Å². The number of pyridine rings is 1. The van der Waals surface area contributed by atoms with E-state index in [4.69, 9.17) is 5.41 Å². The molecular formula is C21H27F2N5O3. The summed E-state index contributed by atoms with van der Waals surface area (Å²) in [7, 11) is 0. The summed E-state index contributed by atoms with van der Waals surface area (Å²) in [6.07, 6.45) is 3.43. The number of hydrogen-bond donors (Lipinski definition) is 3. The molecule has 168 valence electrons. The average Bonchev–Trinajstić information content (AvgIpc) is 3.15. The van der Waals surface area contributed by atoms with E-state index in [0.29, 0.717) is 24.2 Å². The largest absolute Gasteiger partial charge is 0.374 e. The van der Waals surface area contributed by atoms with Gasteiger partial charge >= 0.3 is 0 Å². The first-order chi connectivity index (χ1) is 14.6. The number of ketones is 1. The molecule has 1 aliphatic heterocycles. The van der Waals surface area contributed by atoms with Crippen LogP contribution in [0.2, 0.25) is 0 Å². The zero-order valence-corrected chi connectivity index (χ0v) is 17.6. The Morgan fingerprint density at radius 3 is 2.65 bits per heavy atom. The molecule has 2 unspecified atom stereocenters. The SMILES string of the molecule is CCC1CC(C(=O)NC2CC(F)(F)C2)N(C(=O)CNc2cnccc2C(=N)C(C)=O)C1. The molecule has 31 heavy (non-hydrogen) atoms. The Morgan fingerprint density at radius 2 is 2.03 bits per heavy atom. The van der Waals surface area contributed by atoms with Crippen molar-refractivity contribution in [3.63, 3.8) is 0 Å². The van der Waals surface area contributed by atoms with E-state index >= 15 is 0 Å². The number of anilines is 1. The number of hydrogen-bond acceptors (Lipinski definition) is 6. The fourth-order valence-corrected chi connectivity index (χ4v) is 4.02. The number of likely N-dealkylation sites (tertiary alicyclic amines) is 1. The zero-order valence-electron chi connectivity index (χ0n) is 17.6. The summed E-state index contributed by atoms with van der Waals surface area (Å²) >= 11 is 0. The Bertz CT molecular complexity index is 884. The molecule has 2 fully saturated rings. The highest BCUT2D eigenvalue weighted by Crippen LogP contribution is 2.37. The van der Waals surface area contributed by atoms with Crippen LogP contribution in [0.3, 0.4) is 0 Å². The normalized spacial score (nSPS) is 22.5. The Balaban J connectivity index is 1.65. The maximum absolute atomic E-state index is 13.1. The van der Waals surface area contributed by atoms with Crippen molar-refractivity contribution in [2.24, 2.45) is 5.92 Å². The third-order valence-corrected chi connectivity index (χ3v) is 5.90. The van der Waals surface area contributed by atoms with Crippen LogP contribution in [-0.4, -0.2) is 64.3 Å². The molecule has 3 N–H and O–H groups in total. The van der Waals surface area contributed by atoms with Crippen LogP contribution >= 0.6 is 0 Å². The molecule has 1 saturated heterocycles. The molecule has 1 aliphatic carbocycles. The van der Waals surface area contributed by atoms with Gasteiger partial charge in [-0.05, 0) is 18.4 Å². The maximum Gasteiger partial charge on any atom is 0.252 e. The van der Waals surface area contributed by atoms with Crippen LogP contribution in [0.5, 0.6) is 0 Å². The second-order valence-electron chi connectivity index (χ2n) is 8.25. The smallest absolute Gasteiger partial charge is 0.252 e. The highest BCUT2D eigenvalue weighted by atomic mass is 19.3. The fraction of sp³-hybridized carbons (Fsp3) is 0.571. The number of carbonyl (C=O) groups excluding carboxylic acids is 3. The predicted molar refractivity (Wildman–Crippen MR) is 110 cm³/mol. The standard InChI is InChI=1S/C21H27F2N5O3/c1-3-13-6-17(20(31)27-14-7-21(22,23)8-14)28(11-13)18(30)10-26-16-9-25-5-4-15(16)19(24)12(2)29/h4-5,9,13-14,17,24,26H,3,6-8,10-11H2,1-2H3,(H,27,31). The van der Waals surface area contributed by atoms with Crippen LogP contribution in [0.15, 0.2) is 18.5 Å². The van der Waals surface area contributed by atoms with E-state index in [1.165, 1.54) is 30.3 Å². The summed E-state index contributed by atoms with van der Waals surface area (Å²) in [5, 5.41) is 13.5. The van der Waals surface area contributed by atoms with Gasteiger partial charge in [-0.15, -0.1) is 0 Å². The highest BCUT2D eigenvalue weighted by Gasteiger charge is 2.47. The quantitative estimate of drug-likeness (QED) is 0.540. The third kappa shape index (κ3) is 5.23. The van der Waals surface area contributed by atoms with Gasteiger partial charge in [0.25, 0.3) is 5.92 Å². The van der Waals surface area contributed by atoms with Crippen molar-refractivity contribution in [1.82, 2.24) is 15.2 Å². The van der Waals surface area contributed by atoms with Gasteiger partial charge in [-0.2, -0.15) is 0 Å². The number of carbonyl (C=O) groups is 3. The lowest BCUT2D eigenvalue weighted by Gasteiger charge is -2.36. The van der Waals surface area contributed by atoms with Gasteiger partial charge in [-0.3, -0.25) is 24.8 Å². The van der Waals surface area contributed by atoms with Crippen LogP contribution in [0.1, 0.15) is 45.1 Å². The first kappa shape index (κ1) is 22.8. The molecule has 0 bridgehead atoms. The molecule has 1 aromatic rings. The maximum atomic E-state index is 13.1. The molecule has 10 heteroatoms. The number of nitrogens with zero attached hydrogens (tertiary/aromatic N) is 2. The summed E-state index contributed by atoms with van der Waals surface area (Å²) in [4.78, 5) is 42.6. The van der Waals surface area contributed by atoms with E-state index in [1.54, 1.807) is 0 Å². The second-order valence-corrected chi connectivity index (χ2v) is 8.25. The van der Waals surface area contributed by atoms with Gasteiger partial charge in [-0.25, -0.2) is 8.78 Å². The van der Waals surface area contributed by atoms with Crippen molar-refractivity contribution in [1.29, 1.82) is 5.41 Å². The van der Waals surface area contributed by atoms with E-state index < -0.39 is 29.7 Å². The Kier molecular flexibility index (Phi) is 6.66. The highest BCUT2D eigenvalue weighted by molar-refractivity contribution is 6.45. The van der Waals surface area contributed by atoms with Crippen molar-refractivity contribution in [3.05, 3.63) is 24.0 Å². The molecular weight excluding hydrogens is 408 g/mol. The lowest BCUT2D eigenvalue weighted by atomic mass is 9.88. The number of aromatic nitrogens is 1. The number of nitrogens with one attached hydrogen (secondary N) is 3. The van der Waals surface area contributed by atoms with Gasteiger partial charge in [0.2, 0.25) is 11.8 Å². The van der Waals surface area contributed by atoms with Crippen molar-refractivity contribution >= 4 is 29.0 Å². The lowest BCUT2D eigenvalue weighted by Crippen LogP contribution is -2.55. The number of halogens is 2. The number of amides is 2. The van der Waals surface area contributed by atoms with E-state index in [2.05, 4.69) is 15.6 Å². The molecule has 2 heterocycles. The van der Waals surface area contributed by atoms with Crippen LogP contribution < -0.4 is 10.6 Å². The minimum absolute atomic E-state index is 0.147. The molecule has 1 saturated carbocycles. The van der Waals surface area contributed by atoms with Crippen LogP contribution in [0.4, 0.5) is 14.5 Å². The molecule has 0 spiro atoms. The monoisotopic (exact) mass is 435 g/mol. The van der Waals surface area contributed by atoms with Crippen molar-refractivity contribution < 1.29 is 23.2 Å². The number of Topliss-reactive ketones (excluding diaryl/α,β-unsaturated/α-hetero) is 1. The second kappa shape index (κ2) is 9.07. The number of rotatable bonds is 8. The molecule has 2 amide bonds. The third-order valence-electron chi connectivity index (χ3n) is 5.90. The van der Waals surface area contributed by atoms with Crippen molar-refractivity contribution in [2.75, 3.05) is 18.4 Å². The first-order valence-corrected chi connectivity index (χ1v) is 10.4. The molecule has 8 nitrogen and oxygen atoms in total. The van der Waals surface area contributed by atoms with Crippen LogP contribution in [0, 0.1) is 11.3 Å². The lowest BCUT2D eigenvalue weighted by molar-refractivity contribution is -0.140. The zero-order chi connectivity index (χ0) is 22.8. The summed E-state index contributed by atoms with van der Waals surface area (Å²) in [5.74, 6) is -3.70. The first-order valence-electron chi connectivity index (χ1n) is 10.4. The molecule has 3 rings (SSSR count). The van der Waals surface area contributed by atoms with E-state index in [-0.39, 0.29) is 36.9 Å². The summed E-state index contributed by atoms with van der Waals surface area (Å²) in [5.41, 5.74) is 0.516. The Labute approximate surface area is 179 Å². The fourth-order valence-electron chi connectivity index (χ4n) is 4.02. The van der Waals surface area contributed by atoms with Gasteiger partial charge in [-0.1, -0.05) is 13.3 Å². The topological polar surface area (TPSA) is 115 Å². The average molecular weight is 435 g/mol. The van der Waals surface area contributed by atoms with Gasteiger partial charge in [0.05, 0.1) is 18.4 Å². The van der Waals surface area contributed by atoms with E-state index in [0.717, 1.165) is 6.42 Å². The minimum atomic E-state index is -2.73. The van der Waals surface area contributed by atoms with E-state index in [9.17, 15) is 23.2 Å². The van der Waals surface area contributed by atoms with Crippen molar-refractivity contribution in [2.45, 2.75) is 57.5 Å². The van der Waals surface area contributed by atoms with Gasteiger partial charge in [0.1, 0.15) is 11.8 Å². The number of alkyl halides is 2.